The average Bonchev–Trinajstić information content (AvgIpc) is 3.98. The normalized spacial score (nSPS) is 12.4. The minimum atomic E-state index is -4.67. The van der Waals surface area contributed by atoms with E-state index in [1.165, 1.54) is 6.07 Å². The van der Waals surface area contributed by atoms with Crippen LogP contribution in [0.25, 0.3) is 110 Å². The van der Waals surface area contributed by atoms with Crippen LogP contribution < -0.4 is 0 Å². The minimum Gasteiger partial charge on any atom is -0.344 e. The number of rotatable bonds is 3. The summed E-state index contributed by atoms with van der Waals surface area (Å²) in [5.74, 6) is 0. The van der Waals surface area contributed by atoms with E-state index in [-0.39, 0.29) is 11.1 Å². The molecule has 0 amide bonds. The van der Waals surface area contributed by atoms with Crippen LogP contribution in [-0.4, -0.2) is 18.3 Å². The van der Waals surface area contributed by atoms with Gasteiger partial charge in [-0.15, -0.1) is 0 Å². The number of nitriles is 1. The Kier molecular flexibility index (Phi) is 7.15. The summed E-state index contributed by atoms with van der Waals surface area (Å²) in [5, 5.41) is 19.8. The number of aromatic nitrogens is 4. The molecule has 0 N–H and O–H groups in total. The first kappa shape index (κ1) is 35.2. The van der Waals surface area contributed by atoms with E-state index >= 15 is 13.2 Å². The molecule has 12 rings (SSSR count). The zero-order valence-corrected chi connectivity index (χ0v) is 33.3. The molecule has 8 aromatic carbocycles. The van der Waals surface area contributed by atoms with Crippen LogP contribution in [-0.2, 0) is 20.3 Å². The highest BCUT2D eigenvalue weighted by Gasteiger charge is 2.36. The largest absolute Gasteiger partial charge is 0.417 e. The summed E-state index contributed by atoms with van der Waals surface area (Å²) in [5.41, 5.74) is 8.82. The van der Waals surface area contributed by atoms with Crippen LogP contribution in [0.4, 0.5) is 13.2 Å². The molecule has 0 aliphatic heterocycles. The van der Waals surface area contributed by atoms with Crippen molar-refractivity contribution in [2.24, 2.45) is 14.1 Å². The molecule has 0 bridgehead atoms. The Morgan fingerprint density at radius 2 is 0.967 bits per heavy atom. The second-order valence-electron chi connectivity index (χ2n) is 16.0. The second-order valence-corrected chi connectivity index (χ2v) is 16.0. The van der Waals surface area contributed by atoms with E-state index in [0.717, 1.165) is 93.3 Å². The van der Waals surface area contributed by atoms with Crippen LogP contribution in [0.1, 0.15) is 16.7 Å². The molecule has 0 saturated carbocycles. The molecule has 0 saturated heterocycles. The zero-order valence-electron chi connectivity index (χ0n) is 33.3. The standard InChI is InChI=1S/C53H34F3N5/c1-30-13-12-18-39(53(54,55)56)47(30)37-25-26-44(60-42-21-10-4-14-31(42)33-23-27-45-48(51(33)60)35-16-6-8-19-40(35)58(45)2)38(29-57)50(37)61-43-22-11-5-15-32(43)34-24-28-46-49(52(34)61)36-17-7-9-20-41(36)59(46)3/h4-28H,1-3H3. The van der Waals surface area contributed by atoms with Crippen LogP contribution in [0.5, 0.6) is 0 Å². The highest BCUT2D eigenvalue weighted by molar-refractivity contribution is 6.27. The fraction of sp³-hybridized carbons (Fsp3) is 0.0755. The van der Waals surface area contributed by atoms with Crippen LogP contribution >= 0.6 is 0 Å². The summed E-state index contributed by atoms with van der Waals surface area (Å²) in [4.78, 5) is 0. The number of aryl methyl sites for hydroxylation is 3. The van der Waals surface area contributed by atoms with Gasteiger partial charge in [0.2, 0.25) is 0 Å². The van der Waals surface area contributed by atoms with Crippen LogP contribution in [0.15, 0.2) is 152 Å². The van der Waals surface area contributed by atoms with Gasteiger partial charge in [0.05, 0.1) is 50.0 Å². The molecule has 0 fully saturated rings. The maximum Gasteiger partial charge on any atom is 0.417 e. The minimum absolute atomic E-state index is 0.0442. The fourth-order valence-corrected chi connectivity index (χ4v) is 10.5. The lowest BCUT2D eigenvalue weighted by Gasteiger charge is -2.23. The summed E-state index contributed by atoms with van der Waals surface area (Å²) in [6.07, 6.45) is -4.67. The van der Waals surface area contributed by atoms with E-state index in [4.69, 9.17) is 0 Å². The van der Waals surface area contributed by atoms with Crippen molar-refractivity contribution >= 4 is 87.2 Å². The number of fused-ring (bicyclic) bond motifs is 14. The quantitative estimate of drug-likeness (QED) is 0.176. The Bertz CT molecular complexity index is 3920. The number of benzene rings is 8. The van der Waals surface area contributed by atoms with Crippen LogP contribution in [0.3, 0.4) is 0 Å². The lowest BCUT2D eigenvalue weighted by molar-refractivity contribution is -0.137. The molecule has 0 aliphatic rings. The van der Waals surface area contributed by atoms with E-state index in [9.17, 15) is 5.26 Å². The Balaban J connectivity index is 1.35. The monoisotopic (exact) mass is 797 g/mol. The van der Waals surface area contributed by atoms with Gasteiger partial charge in [-0.2, -0.15) is 18.4 Å². The molecule has 0 radical (unpaired) electrons. The highest BCUT2D eigenvalue weighted by Crippen LogP contribution is 2.49. The molecular weight excluding hydrogens is 764 g/mol. The van der Waals surface area contributed by atoms with E-state index in [0.29, 0.717) is 22.5 Å². The Morgan fingerprint density at radius 1 is 0.475 bits per heavy atom. The van der Waals surface area contributed by atoms with E-state index in [2.05, 4.69) is 98.1 Å². The van der Waals surface area contributed by atoms with Gasteiger partial charge in [-0.3, -0.25) is 0 Å². The van der Waals surface area contributed by atoms with Gasteiger partial charge >= 0.3 is 6.18 Å². The average molecular weight is 798 g/mol. The van der Waals surface area contributed by atoms with Gasteiger partial charge in [0, 0.05) is 73.8 Å². The van der Waals surface area contributed by atoms with Crippen molar-refractivity contribution in [2.75, 3.05) is 0 Å². The first-order valence-corrected chi connectivity index (χ1v) is 20.2. The summed E-state index contributed by atoms with van der Waals surface area (Å²) in [6.45, 7) is 1.72. The van der Waals surface area contributed by atoms with Crippen molar-refractivity contribution < 1.29 is 13.2 Å². The predicted molar refractivity (Wildman–Crippen MR) is 243 cm³/mol. The van der Waals surface area contributed by atoms with Crippen molar-refractivity contribution in [2.45, 2.75) is 13.1 Å². The van der Waals surface area contributed by atoms with Gasteiger partial charge in [0.1, 0.15) is 11.6 Å². The van der Waals surface area contributed by atoms with Gasteiger partial charge in [-0.05, 0) is 66.6 Å². The van der Waals surface area contributed by atoms with Gasteiger partial charge in [0.25, 0.3) is 0 Å². The topological polar surface area (TPSA) is 43.5 Å². The maximum absolute atomic E-state index is 15.3. The number of nitrogens with zero attached hydrogens (tertiary/aromatic N) is 5. The summed E-state index contributed by atoms with van der Waals surface area (Å²) in [6, 6.07) is 51.8. The smallest absolute Gasteiger partial charge is 0.344 e. The summed E-state index contributed by atoms with van der Waals surface area (Å²) < 4.78 is 54.5. The molecule has 4 heterocycles. The highest BCUT2D eigenvalue weighted by atomic mass is 19.4. The zero-order chi connectivity index (χ0) is 41.5. The van der Waals surface area contributed by atoms with Gasteiger partial charge in [0.15, 0.2) is 0 Å². The molecule has 4 aromatic heterocycles. The van der Waals surface area contributed by atoms with E-state index in [1.807, 2.05) is 67.7 Å². The molecule has 0 spiro atoms. The number of hydrogen-bond donors (Lipinski definition) is 0. The lowest BCUT2D eigenvalue weighted by Crippen LogP contribution is -2.11. The van der Waals surface area contributed by atoms with Crippen LogP contribution in [0, 0.1) is 18.3 Å². The van der Waals surface area contributed by atoms with E-state index in [1.54, 1.807) is 19.1 Å². The van der Waals surface area contributed by atoms with E-state index < -0.39 is 11.7 Å². The molecule has 61 heavy (non-hydrogen) atoms. The number of alkyl halides is 3. The first-order chi connectivity index (χ1) is 29.7. The lowest BCUT2D eigenvalue weighted by atomic mass is 9.91. The maximum atomic E-state index is 15.3. The number of halogens is 3. The molecule has 12 aromatic rings. The molecule has 0 atom stereocenters. The Labute approximate surface area is 346 Å². The molecule has 8 heteroatoms. The Morgan fingerprint density at radius 3 is 1.51 bits per heavy atom. The first-order valence-electron chi connectivity index (χ1n) is 20.2. The summed E-state index contributed by atoms with van der Waals surface area (Å²) in [7, 11) is 4.10. The molecule has 292 valence electrons. The summed E-state index contributed by atoms with van der Waals surface area (Å²) >= 11 is 0. The van der Waals surface area contributed by atoms with Crippen molar-refractivity contribution in [1.29, 1.82) is 5.26 Å². The molecule has 5 nitrogen and oxygen atoms in total. The van der Waals surface area contributed by atoms with Crippen molar-refractivity contribution in [3.8, 4) is 28.6 Å². The SMILES string of the molecule is Cc1cccc(C(F)(F)F)c1-c1ccc(-n2c3ccccc3c3ccc4c(c5ccccc5n4C)c32)c(C#N)c1-n1c2ccccc2c2ccc3c(c4ccccc4n3C)c21. The van der Waals surface area contributed by atoms with Gasteiger partial charge in [-0.1, -0.05) is 103 Å². The van der Waals surface area contributed by atoms with Gasteiger partial charge in [-0.25, -0.2) is 0 Å². The number of para-hydroxylation sites is 4. The number of hydrogen-bond acceptors (Lipinski definition) is 1. The van der Waals surface area contributed by atoms with Crippen molar-refractivity contribution in [3.63, 3.8) is 0 Å². The van der Waals surface area contributed by atoms with Crippen molar-refractivity contribution in [3.05, 3.63) is 168 Å². The second kappa shape index (κ2) is 12.4. The third-order valence-electron chi connectivity index (χ3n) is 13.0. The third-order valence-corrected chi connectivity index (χ3v) is 13.0. The van der Waals surface area contributed by atoms with Crippen molar-refractivity contribution in [1.82, 2.24) is 18.3 Å². The van der Waals surface area contributed by atoms with Gasteiger partial charge < -0.3 is 18.3 Å². The third kappa shape index (κ3) is 4.60. The molecule has 0 aliphatic carbocycles. The Hall–Kier alpha value is -7.76. The predicted octanol–water partition coefficient (Wildman–Crippen LogP) is 14.0. The molecular formula is C53H34F3N5. The van der Waals surface area contributed by atoms with Crippen LogP contribution in [0.2, 0.25) is 0 Å². The molecule has 0 unspecified atom stereocenters. The fourth-order valence-electron chi connectivity index (χ4n) is 10.5.